The molecule has 1 aromatic rings. The molecule has 2 heterocycles. The van der Waals surface area contributed by atoms with Crippen molar-refractivity contribution in [3.8, 4) is 0 Å². The lowest BCUT2D eigenvalue weighted by Crippen LogP contribution is -2.57. The molecule has 2 aliphatic heterocycles. The maximum Gasteiger partial charge on any atom is 0.410 e. The Kier molecular flexibility index (Phi) is 6.96. The zero-order chi connectivity index (χ0) is 21.2. The third-order valence-corrected chi connectivity index (χ3v) is 6.98. The van der Waals surface area contributed by atoms with Gasteiger partial charge in [-0.1, -0.05) is 28.1 Å². The first-order chi connectivity index (χ1) is 13.6. The largest absolute Gasteiger partial charge is 0.444 e. The number of ether oxygens (including phenoxy) is 1. The van der Waals surface area contributed by atoms with Crippen molar-refractivity contribution in [3.63, 3.8) is 0 Å². The molecule has 162 valence electrons. The van der Waals surface area contributed by atoms with E-state index < -0.39 is 11.7 Å². The van der Waals surface area contributed by atoms with Gasteiger partial charge in [-0.2, -0.15) is 0 Å². The molecule has 0 bridgehead atoms. The second-order valence-electron chi connectivity index (χ2n) is 9.79. The van der Waals surface area contributed by atoms with Crippen LogP contribution in [0.5, 0.6) is 0 Å². The molecule has 3 rings (SSSR count). The van der Waals surface area contributed by atoms with Crippen LogP contribution < -0.4 is 0 Å². The topological polar surface area (TPSA) is 53.0 Å². The van der Waals surface area contributed by atoms with Crippen molar-refractivity contribution in [1.82, 2.24) is 9.80 Å². The summed E-state index contributed by atoms with van der Waals surface area (Å²) in [6, 6.07) is 8.00. The molecule has 5 nitrogen and oxygen atoms in total. The molecule has 0 radical (unpaired) electrons. The van der Waals surface area contributed by atoms with Gasteiger partial charge in [0.15, 0.2) is 0 Å². The predicted octanol–water partition coefficient (Wildman–Crippen LogP) is 4.98. The number of benzene rings is 1. The van der Waals surface area contributed by atoms with E-state index in [1.165, 1.54) is 0 Å². The van der Waals surface area contributed by atoms with Crippen LogP contribution in [0.4, 0.5) is 4.79 Å². The van der Waals surface area contributed by atoms with E-state index in [0.29, 0.717) is 5.92 Å². The van der Waals surface area contributed by atoms with Crippen molar-refractivity contribution in [1.29, 1.82) is 0 Å². The first kappa shape index (κ1) is 22.6. The Hall–Kier alpha value is -1.11. The molecule has 6 heteroatoms. The first-order valence-electron chi connectivity index (χ1n) is 10.7. The van der Waals surface area contributed by atoms with E-state index in [-0.39, 0.29) is 11.6 Å². The Morgan fingerprint density at radius 2 is 1.69 bits per heavy atom. The van der Waals surface area contributed by atoms with Crippen molar-refractivity contribution in [3.05, 3.63) is 34.3 Å². The van der Waals surface area contributed by atoms with Gasteiger partial charge in [0, 0.05) is 23.1 Å². The van der Waals surface area contributed by atoms with E-state index in [4.69, 9.17) is 4.74 Å². The van der Waals surface area contributed by atoms with Crippen molar-refractivity contribution in [2.75, 3.05) is 26.2 Å². The molecule has 2 fully saturated rings. The van der Waals surface area contributed by atoms with Crippen molar-refractivity contribution < 1.29 is 14.6 Å². The third kappa shape index (κ3) is 5.74. The number of aliphatic hydroxyl groups excluding tert-OH is 1. The average molecular weight is 467 g/mol. The number of carbonyl (C=O) groups excluding carboxylic acids is 1. The molecule has 0 aromatic heterocycles. The molecule has 1 atom stereocenters. The molecular weight excluding hydrogens is 432 g/mol. The number of piperidine rings is 2. The van der Waals surface area contributed by atoms with Crippen LogP contribution in [-0.2, 0) is 4.74 Å². The Labute approximate surface area is 183 Å². The summed E-state index contributed by atoms with van der Waals surface area (Å²) in [5.74, 6) is 0.304. The maximum absolute atomic E-state index is 12.3. The summed E-state index contributed by atoms with van der Waals surface area (Å²) in [6.07, 6.45) is 3.34. The van der Waals surface area contributed by atoms with E-state index in [0.717, 1.165) is 61.9 Å². The SMILES string of the molecule is CC(C)(C)OC(=O)N1CCC(C)(N2CCC(C(O)c3ccc(Br)cc3)CC2)CC1. The molecule has 1 aromatic carbocycles. The molecule has 29 heavy (non-hydrogen) atoms. The number of likely N-dealkylation sites (tertiary alicyclic amines) is 2. The number of amides is 1. The summed E-state index contributed by atoms with van der Waals surface area (Å²) < 4.78 is 6.56. The lowest BCUT2D eigenvalue weighted by Gasteiger charge is -2.49. The summed E-state index contributed by atoms with van der Waals surface area (Å²) in [5, 5.41) is 10.8. The molecule has 1 N–H and O–H groups in total. The van der Waals surface area contributed by atoms with E-state index in [1.807, 2.05) is 49.9 Å². The van der Waals surface area contributed by atoms with Crippen LogP contribution in [0, 0.1) is 5.92 Å². The summed E-state index contributed by atoms with van der Waals surface area (Å²) >= 11 is 3.45. The van der Waals surface area contributed by atoms with Gasteiger partial charge in [0.2, 0.25) is 0 Å². The Bertz CT molecular complexity index is 685. The number of hydrogen-bond donors (Lipinski definition) is 1. The minimum atomic E-state index is -0.449. The number of rotatable bonds is 3. The number of nitrogens with zero attached hydrogens (tertiary/aromatic N) is 2. The molecule has 2 aliphatic rings. The highest BCUT2D eigenvalue weighted by Gasteiger charge is 2.40. The van der Waals surface area contributed by atoms with Gasteiger partial charge in [-0.3, -0.25) is 4.90 Å². The van der Waals surface area contributed by atoms with Gasteiger partial charge in [-0.15, -0.1) is 0 Å². The number of hydrogen-bond acceptors (Lipinski definition) is 4. The summed E-state index contributed by atoms with van der Waals surface area (Å²) in [7, 11) is 0. The summed E-state index contributed by atoms with van der Waals surface area (Å²) in [5.41, 5.74) is 0.671. The minimum absolute atomic E-state index is 0.117. The zero-order valence-electron chi connectivity index (χ0n) is 18.2. The lowest BCUT2D eigenvalue weighted by atomic mass is 9.82. The van der Waals surface area contributed by atoms with Crippen LogP contribution in [0.15, 0.2) is 28.7 Å². The predicted molar refractivity (Wildman–Crippen MR) is 119 cm³/mol. The fourth-order valence-electron chi connectivity index (χ4n) is 4.50. The van der Waals surface area contributed by atoms with Crippen LogP contribution in [0.25, 0.3) is 0 Å². The third-order valence-electron chi connectivity index (χ3n) is 6.45. The second kappa shape index (κ2) is 8.94. The van der Waals surface area contributed by atoms with Crippen molar-refractivity contribution in [2.45, 2.75) is 70.6 Å². The molecule has 0 saturated carbocycles. The smallest absolute Gasteiger partial charge is 0.410 e. The summed E-state index contributed by atoms with van der Waals surface area (Å²) in [6.45, 7) is 11.5. The normalized spacial score (nSPS) is 22.3. The fraction of sp³-hybridized carbons (Fsp3) is 0.696. The standard InChI is InChI=1S/C23H35BrN2O3/c1-22(2,3)29-21(28)25-15-11-23(4,12-16-25)26-13-9-18(10-14-26)20(27)17-5-7-19(24)8-6-17/h5-8,18,20,27H,9-16H2,1-4H3. The first-order valence-corrected chi connectivity index (χ1v) is 11.5. The Balaban J connectivity index is 1.50. The van der Waals surface area contributed by atoms with Crippen molar-refractivity contribution in [2.24, 2.45) is 5.92 Å². The van der Waals surface area contributed by atoms with Crippen molar-refractivity contribution >= 4 is 22.0 Å². The highest BCUT2D eigenvalue weighted by molar-refractivity contribution is 9.10. The molecule has 1 amide bonds. The second-order valence-corrected chi connectivity index (χ2v) is 10.7. The highest BCUT2D eigenvalue weighted by atomic mass is 79.9. The van der Waals surface area contributed by atoms with Gasteiger partial charge in [-0.25, -0.2) is 4.79 Å². The highest BCUT2D eigenvalue weighted by Crippen LogP contribution is 2.36. The molecular formula is C23H35BrN2O3. The van der Waals surface area contributed by atoms with Crippen LogP contribution >= 0.6 is 15.9 Å². The Morgan fingerprint density at radius 3 is 2.21 bits per heavy atom. The van der Waals surface area contributed by atoms with Gasteiger partial charge >= 0.3 is 6.09 Å². The van der Waals surface area contributed by atoms with E-state index in [1.54, 1.807) is 0 Å². The van der Waals surface area contributed by atoms with Gasteiger partial charge in [0.25, 0.3) is 0 Å². The lowest BCUT2D eigenvalue weighted by molar-refractivity contribution is -0.0222. The van der Waals surface area contributed by atoms with Crippen LogP contribution in [0.2, 0.25) is 0 Å². The molecule has 0 aliphatic carbocycles. The average Bonchev–Trinajstić information content (AvgIpc) is 2.67. The fourth-order valence-corrected chi connectivity index (χ4v) is 4.77. The number of carbonyl (C=O) groups is 1. The maximum atomic E-state index is 12.3. The quantitative estimate of drug-likeness (QED) is 0.681. The number of aliphatic hydroxyl groups is 1. The van der Waals surface area contributed by atoms with Gasteiger partial charge in [-0.05, 0) is 90.1 Å². The van der Waals surface area contributed by atoms with Crippen LogP contribution in [0.3, 0.4) is 0 Å². The van der Waals surface area contributed by atoms with Crippen LogP contribution in [-0.4, -0.2) is 58.3 Å². The zero-order valence-corrected chi connectivity index (χ0v) is 19.7. The van der Waals surface area contributed by atoms with E-state index in [2.05, 4.69) is 27.8 Å². The van der Waals surface area contributed by atoms with E-state index in [9.17, 15) is 9.90 Å². The summed E-state index contributed by atoms with van der Waals surface area (Å²) in [4.78, 5) is 16.8. The molecule has 2 saturated heterocycles. The van der Waals surface area contributed by atoms with Gasteiger partial charge in [0.1, 0.15) is 5.60 Å². The minimum Gasteiger partial charge on any atom is -0.444 e. The molecule has 1 unspecified atom stereocenters. The van der Waals surface area contributed by atoms with Crippen LogP contribution in [0.1, 0.15) is 65.0 Å². The Morgan fingerprint density at radius 1 is 1.14 bits per heavy atom. The number of halogens is 1. The van der Waals surface area contributed by atoms with Gasteiger partial charge in [0.05, 0.1) is 6.10 Å². The monoisotopic (exact) mass is 466 g/mol. The van der Waals surface area contributed by atoms with E-state index >= 15 is 0 Å². The van der Waals surface area contributed by atoms with Gasteiger partial charge < -0.3 is 14.7 Å². The molecule has 0 spiro atoms.